The van der Waals surface area contributed by atoms with Crippen molar-refractivity contribution >= 4 is 0 Å². The van der Waals surface area contributed by atoms with Crippen LogP contribution in [0.4, 0.5) is 0 Å². The zero-order valence-electron chi connectivity index (χ0n) is 10.3. The van der Waals surface area contributed by atoms with Crippen molar-refractivity contribution in [1.82, 2.24) is 5.32 Å². The van der Waals surface area contributed by atoms with Crippen LogP contribution in [0, 0.1) is 11.8 Å². The van der Waals surface area contributed by atoms with Crippen LogP contribution in [-0.2, 0) is 4.74 Å². The lowest BCUT2D eigenvalue weighted by Crippen LogP contribution is -2.46. The molecular weight excluding hydrogens is 198 g/mol. The van der Waals surface area contributed by atoms with Gasteiger partial charge in [0.1, 0.15) is 0 Å². The molecule has 2 heterocycles. The van der Waals surface area contributed by atoms with E-state index in [0.717, 1.165) is 37.1 Å². The predicted octanol–water partition coefficient (Wildman–Crippen LogP) is 2.72. The zero-order chi connectivity index (χ0) is 10.8. The fraction of sp³-hybridized carbons (Fsp3) is 1.00. The molecule has 1 saturated carbocycles. The Bertz CT molecular complexity index is 225. The van der Waals surface area contributed by atoms with E-state index in [2.05, 4.69) is 5.32 Å². The van der Waals surface area contributed by atoms with E-state index in [9.17, 15) is 0 Å². The van der Waals surface area contributed by atoms with Gasteiger partial charge in [0.15, 0.2) is 0 Å². The topological polar surface area (TPSA) is 21.3 Å². The minimum atomic E-state index is 0.822. The lowest BCUT2D eigenvalue weighted by atomic mass is 9.84. The van der Waals surface area contributed by atoms with Crippen molar-refractivity contribution in [2.75, 3.05) is 13.2 Å². The van der Waals surface area contributed by atoms with E-state index in [1.54, 1.807) is 0 Å². The van der Waals surface area contributed by atoms with Crippen LogP contribution in [0.3, 0.4) is 0 Å². The van der Waals surface area contributed by atoms with Gasteiger partial charge < -0.3 is 10.1 Å². The summed E-state index contributed by atoms with van der Waals surface area (Å²) in [5, 5.41) is 3.92. The molecule has 1 N–H and O–H groups in total. The highest BCUT2D eigenvalue weighted by Crippen LogP contribution is 2.35. The molecule has 2 nitrogen and oxygen atoms in total. The molecule has 0 spiro atoms. The van der Waals surface area contributed by atoms with Crippen LogP contribution in [0.5, 0.6) is 0 Å². The highest BCUT2D eigenvalue weighted by atomic mass is 16.5. The molecular formula is C14H25NO. The normalized spacial score (nSPS) is 40.9. The van der Waals surface area contributed by atoms with Gasteiger partial charge in [-0.15, -0.1) is 0 Å². The highest BCUT2D eigenvalue weighted by Gasteiger charge is 2.33. The molecule has 1 aliphatic carbocycles. The number of nitrogens with one attached hydrogen (secondary N) is 1. The predicted molar refractivity (Wildman–Crippen MR) is 65.4 cm³/mol. The first-order valence-corrected chi connectivity index (χ1v) is 7.25. The van der Waals surface area contributed by atoms with Gasteiger partial charge in [-0.25, -0.2) is 0 Å². The van der Waals surface area contributed by atoms with Crippen LogP contribution in [0.15, 0.2) is 0 Å². The number of ether oxygens (including phenoxy) is 1. The minimum absolute atomic E-state index is 0.822. The Kier molecular flexibility index (Phi) is 3.49. The van der Waals surface area contributed by atoms with E-state index < -0.39 is 0 Å². The summed E-state index contributed by atoms with van der Waals surface area (Å²) in [6.07, 6.45) is 11.3. The molecule has 0 bridgehead atoms. The third-order valence-electron chi connectivity index (χ3n) is 4.95. The number of hydrogen-bond donors (Lipinski definition) is 1. The Morgan fingerprint density at radius 3 is 2.69 bits per heavy atom. The molecule has 0 aromatic rings. The van der Waals surface area contributed by atoms with E-state index in [0.29, 0.717) is 0 Å². The quantitative estimate of drug-likeness (QED) is 0.777. The molecule has 16 heavy (non-hydrogen) atoms. The molecule has 0 radical (unpaired) electrons. The Morgan fingerprint density at radius 2 is 1.81 bits per heavy atom. The Morgan fingerprint density at radius 1 is 0.938 bits per heavy atom. The summed E-state index contributed by atoms with van der Waals surface area (Å²) in [7, 11) is 0. The van der Waals surface area contributed by atoms with Gasteiger partial charge in [-0.2, -0.15) is 0 Å². The molecule has 3 fully saturated rings. The number of fused-ring (bicyclic) bond motifs is 1. The molecule has 0 aromatic carbocycles. The van der Waals surface area contributed by atoms with Gasteiger partial charge in [0.2, 0.25) is 0 Å². The number of piperidine rings is 1. The summed E-state index contributed by atoms with van der Waals surface area (Å²) < 4.78 is 5.44. The standard InChI is InChI=1S/C14H25NO/c1-2-12-4-5-13(15-14(12)3-1)10-11-6-8-16-9-7-11/h11-15H,1-10H2. The van der Waals surface area contributed by atoms with Crippen LogP contribution in [0.2, 0.25) is 0 Å². The summed E-state index contributed by atoms with van der Waals surface area (Å²) in [4.78, 5) is 0. The molecule has 2 saturated heterocycles. The SMILES string of the molecule is C1CC2CCC(CC3CCOCC3)NC2C1. The molecule has 0 aromatic heterocycles. The van der Waals surface area contributed by atoms with Crippen molar-refractivity contribution < 1.29 is 4.74 Å². The molecule has 3 atom stereocenters. The third-order valence-corrected chi connectivity index (χ3v) is 4.95. The zero-order valence-corrected chi connectivity index (χ0v) is 10.3. The van der Waals surface area contributed by atoms with Crippen LogP contribution in [0.25, 0.3) is 0 Å². The van der Waals surface area contributed by atoms with E-state index in [4.69, 9.17) is 4.74 Å². The lowest BCUT2D eigenvalue weighted by Gasteiger charge is -2.36. The first-order chi connectivity index (χ1) is 7.92. The van der Waals surface area contributed by atoms with Gasteiger partial charge in [0.25, 0.3) is 0 Å². The fourth-order valence-corrected chi connectivity index (χ4v) is 3.97. The van der Waals surface area contributed by atoms with Gasteiger partial charge in [0, 0.05) is 25.3 Å². The van der Waals surface area contributed by atoms with Crippen molar-refractivity contribution in [1.29, 1.82) is 0 Å². The van der Waals surface area contributed by atoms with E-state index in [1.165, 1.54) is 51.4 Å². The average molecular weight is 223 g/mol. The molecule has 0 amide bonds. The smallest absolute Gasteiger partial charge is 0.0468 e. The van der Waals surface area contributed by atoms with Gasteiger partial charge in [-0.1, -0.05) is 6.42 Å². The van der Waals surface area contributed by atoms with Gasteiger partial charge in [-0.05, 0) is 56.8 Å². The largest absolute Gasteiger partial charge is 0.381 e. The summed E-state index contributed by atoms with van der Waals surface area (Å²) in [6.45, 7) is 2.01. The summed E-state index contributed by atoms with van der Waals surface area (Å²) in [6, 6.07) is 1.70. The summed E-state index contributed by atoms with van der Waals surface area (Å²) in [5.74, 6) is 1.95. The van der Waals surface area contributed by atoms with Crippen molar-refractivity contribution in [3.05, 3.63) is 0 Å². The Labute approximate surface area is 99.1 Å². The van der Waals surface area contributed by atoms with Crippen molar-refractivity contribution in [2.24, 2.45) is 11.8 Å². The van der Waals surface area contributed by atoms with Crippen LogP contribution < -0.4 is 5.32 Å². The molecule has 92 valence electrons. The van der Waals surface area contributed by atoms with E-state index >= 15 is 0 Å². The summed E-state index contributed by atoms with van der Waals surface area (Å²) in [5.41, 5.74) is 0. The third kappa shape index (κ3) is 2.43. The average Bonchev–Trinajstić information content (AvgIpc) is 2.77. The molecule has 3 rings (SSSR count). The van der Waals surface area contributed by atoms with Gasteiger partial charge in [0.05, 0.1) is 0 Å². The maximum Gasteiger partial charge on any atom is 0.0468 e. The van der Waals surface area contributed by atoms with Crippen molar-refractivity contribution in [3.63, 3.8) is 0 Å². The molecule has 2 aliphatic heterocycles. The number of rotatable bonds is 2. The first-order valence-electron chi connectivity index (χ1n) is 7.25. The second-order valence-corrected chi connectivity index (χ2v) is 6.03. The van der Waals surface area contributed by atoms with E-state index in [1.807, 2.05) is 0 Å². The van der Waals surface area contributed by atoms with Crippen LogP contribution in [0.1, 0.15) is 51.4 Å². The Hall–Kier alpha value is -0.0800. The van der Waals surface area contributed by atoms with Crippen LogP contribution in [-0.4, -0.2) is 25.3 Å². The van der Waals surface area contributed by atoms with Crippen molar-refractivity contribution in [2.45, 2.75) is 63.5 Å². The number of hydrogen-bond acceptors (Lipinski definition) is 2. The maximum absolute atomic E-state index is 5.44. The van der Waals surface area contributed by atoms with E-state index in [-0.39, 0.29) is 0 Å². The molecule has 2 heteroatoms. The maximum atomic E-state index is 5.44. The minimum Gasteiger partial charge on any atom is -0.381 e. The monoisotopic (exact) mass is 223 g/mol. The van der Waals surface area contributed by atoms with Gasteiger partial charge >= 0.3 is 0 Å². The molecule has 3 aliphatic rings. The second kappa shape index (κ2) is 5.05. The summed E-state index contributed by atoms with van der Waals surface area (Å²) >= 11 is 0. The van der Waals surface area contributed by atoms with Crippen LogP contribution >= 0.6 is 0 Å². The fourth-order valence-electron chi connectivity index (χ4n) is 3.97. The highest BCUT2D eigenvalue weighted by molar-refractivity contribution is 4.91. The van der Waals surface area contributed by atoms with Crippen molar-refractivity contribution in [3.8, 4) is 0 Å². The first kappa shape index (κ1) is 11.0. The second-order valence-electron chi connectivity index (χ2n) is 6.03. The molecule has 3 unspecified atom stereocenters. The van der Waals surface area contributed by atoms with Gasteiger partial charge in [-0.3, -0.25) is 0 Å². The Balaban J connectivity index is 1.48. The lowest BCUT2D eigenvalue weighted by molar-refractivity contribution is 0.0574.